The Kier molecular flexibility index (Phi) is 3.77. The molecule has 0 saturated heterocycles. The van der Waals surface area contributed by atoms with Crippen molar-refractivity contribution in [2.45, 2.75) is 13.0 Å². The van der Waals surface area contributed by atoms with E-state index in [2.05, 4.69) is 15.4 Å². The molecule has 6 heteroatoms. The van der Waals surface area contributed by atoms with Gasteiger partial charge in [-0.05, 0) is 6.42 Å². The van der Waals surface area contributed by atoms with Crippen molar-refractivity contribution in [3.63, 3.8) is 0 Å². The minimum Gasteiger partial charge on any atom is -0.369 e. The molecule has 72 valence electrons. The Morgan fingerprint density at radius 3 is 3.08 bits per heavy atom. The van der Waals surface area contributed by atoms with Crippen LogP contribution < -0.4 is 17.0 Å². The van der Waals surface area contributed by atoms with Gasteiger partial charge in [0.15, 0.2) is 0 Å². The zero-order valence-electron chi connectivity index (χ0n) is 7.35. The Morgan fingerprint density at radius 2 is 2.46 bits per heavy atom. The topological polar surface area (TPSA) is 94.2 Å². The predicted molar refractivity (Wildman–Crippen MR) is 50.7 cm³/mol. The lowest BCUT2D eigenvalue weighted by Crippen LogP contribution is -2.37. The highest BCUT2D eigenvalue weighted by Crippen LogP contribution is 1.90. The second kappa shape index (κ2) is 5.15. The summed E-state index contributed by atoms with van der Waals surface area (Å²) in [5.74, 6) is 5.30. The molecule has 0 aliphatic heterocycles. The van der Waals surface area contributed by atoms with Gasteiger partial charge in [-0.2, -0.15) is 0 Å². The van der Waals surface area contributed by atoms with E-state index < -0.39 is 0 Å². The molecule has 0 aliphatic carbocycles. The van der Waals surface area contributed by atoms with Crippen molar-refractivity contribution in [1.82, 2.24) is 15.0 Å². The van der Waals surface area contributed by atoms with E-state index in [4.69, 9.17) is 11.6 Å². The average Bonchev–Trinajstić information content (AvgIpc) is 2.64. The Morgan fingerprint density at radius 1 is 1.62 bits per heavy atom. The number of aryl methyl sites for hydroxylation is 1. The summed E-state index contributed by atoms with van der Waals surface area (Å²) < 4.78 is 1.99. The highest BCUT2D eigenvalue weighted by molar-refractivity contribution is 5.76. The van der Waals surface area contributed by atoms with Gasteiger partial charge in [-0.15, -0.1) is 0 Å². The zero-order valence-corrected chi connectivity index (χ0v) is 7.35. The summed E-state index contributed by atoms with van der Waals surface area (Å²) >= 11 is 0. The molecular weight excluding hydrogens is 168 g/mol. The molecule has 0 saturated carbocycles. The predicted octanol–water partition coefficient (Wildman–Crippen LogP) is -0.949. The number of guanidine groups is 1. The van der Waals surface area contributed by atoms with Crippen molar-refractivity contribution in [2.24, 2.45) is 16.6 Å². The van der Waals surface area contributed by atoms with Gasteiger partial charge in [0.2, 0.25) is 5.96 Å². The number of hydrogen-bond donors (Lipinski definition) is 3. The smallest absolute Gasteiger partial charge is 0.203 e. The molecule has 0 amide bonds. The van der Waals surface area contributed by atoms with Crippen LogP contribution in [-0.2, 0) is 6.54 Å². The molecule has 1 rings (SSSR count). The number of nitrogens with zero attached hydrogens (tertiary/aromatic N) is 3. The number of aliphatic imine (C=N–C) groups is 1. The van der Waals surface area contributed by atoms with Gasteiger partial charge in [-0.1, -0.05) is 0 Å². The van der Waals surface area contributed by atoms with Crippen LogP contribution in [0.5, 0.6) is 0 Å². The number of imidazole rings is 1. The number of hydrogen-bond acceptors (Lipinski definition) is 3. The Labute approximate surface area is 76.6 Å². The lowest BCUT2D eigenvalue weighted by atomic mass is 10.4. The fraction of sp³-hybridized carbons (Fsp3) is 0.429. The van der Waals surface area contributed by atoms with Crippen molar-refractivity contribution in [1.29, 1.82) is 0 Å². The van der Waals surface area contributed by atoms with Crippen LogP contribution in [0.25, 0.3) is 0 Å². The normalized spacial score (nSPS) is 11.6. The maximum atomic E-state index is 5.33. The van der Waals surface area contributed by atoms with Gasteiger partial charge < -0.3 is 10.3 Å². The molecule has 13 heavy (non-hydrogen) atoms. The molecule has 1 aromatic heterocycles. The molecule has 0 fully saturated rings. The standard InChI is InChI=1S/C7H14N6/c8-7(12-9)11-2-1-4-13-5-3-10-6-13/h3,5-6H,1-2,4,9H2,(H3,8,11,12). The Balaban J connectivity index is 2.15. The van der Waals surface area contributed by atoms with Crippen LogP contribution in [0.2, 0.25) is 0 Å². The summed E-state index contributed by atoms with van der Waals surface area (Å²) in [6.45, 7) is 1.55. The van der Waals surface area contributed by atoms with Gasteiger partial charge in [-0.25, -0.2) is 10.8 Å². The van der Waals surface area contributed by atoms with Crippen molar-refractivity contribution < 1.29 is 0 Å². The minimum atomic E-state index is 0.269. The van der Waals surface area contributed by atoms with Crippen LogP contribution in [0.15, 0.2) is 23.7 Å². The molecule has 0 radical (unpaired) electrons. The van der Waals surface area contributed by atoms with Crippen LogP contribution >= 0.6 is 0 Å². The Hall–Kier alpha value is -1.56. The van der Waals surface area contributed by atoms with Crippen molar-refractivity contribution >= 4 is 5.96 Å². The molecule has 5 N–H and O–H groups in total. The van der Waals surface area contributed by atoms with Crippen LogP contribution in [0.3, 0.4) is 0 Å². The van der Waals surface area contributed by atoms with E-state index in [1.807, 2.05) is 10.8 Å². The first-order chi connectivity index (χ1) is 6.33. The minimum absolute atomic E-state index is 0.269. The fourth-order valence-electron chi connectivity index (χ4n) is 0.917. The molecule has 1 heterocycles. The quantitative estimate of drug-likeness (QED) is 0.184. The van der Waals surface area contributed by atoms with Gasteiger partial charge in [-0.3, -0.25) is 10.4 Å². The first-order valence-electron chi connectivity index (χ1n) is 4.05. The number of nitrogens with two attached hydrogens (primary N) is 2. The first kappa shape index (κ1) is 9.53. The van der Waals surface area contributed by atoms with Crippen molar-refractivity contribution in [2.75, 3.05) is 6.54 Å². The highest BCUT2D eigenvalue weighted by atomic mass is 15.3. The molecule has 6 nitrogen and oxygen atoms in total. The summed E-state index contributed by atoms with van der Waals surface area (Å²) in [7, 11) is 0. The average molecular weight is 182 g/mol. The van der Waals surface area contributed by atoms with E-state index in [1.54, 1.807) is 12.5 Å². The second-order valence-electron chi connectivity index (χ2n) is 2.57. The molecular formula is C7H14N6. The van der Waals surface area contributed by atoms with Crippen LogP contribution in [0, 0.1) is 0 Å². The second-order valence-corrected chi connectivity index (χ2v) is 2.57. The van der Waals surface area contributed by atoms with Gasteiger partial charge >= 0.3 is 0 Å². The van der Waals surface area contributed by atoms with Crippen LogP contribution in [-0.4, -0.2) is 22.1 Å². The van der Waals surface area contributed by atoms with E-state index in [0.29, 0.717) is 6.54 Å². The lowest BCUT2D eigenvalue weighted by Gasteiger charge is -2.00. The van der Waals surface area contributed by atoms with E-state index in [1.165, 1.54) is 0 Å². The molecule has 0 aromatic carbocycles. The zero-order chi connectivity index (χ0) is 9.52. The number of nitrogens with one attached hydrogen (secondary N) is 1. The monoisotopic (exact) mass is 182 g/mol. The molecule has 0 spiro atoms. The number of rotatable bonds is 4. The molecule has 0 unspecified atom stereocenters. The highest BCUT2D eigenvalue weighted by Gasteiger charge is 1.89. The summed E-state index contributed by atoms with van der Waals surface area (Å²) in [6, 6.07) is 0. The van der Waals surface area contributed by atoms with Gasteiger partial charge in [0.05, 0.1) is 6.33 Å². The third-order valence-corrected chi connectivity index (χ3v) is 1.56. The SMILES string of the molecule is NNC(N)=NCCCn1ccnc1. The van der Waals surface area contributed by atoms with E-state index in [0.717, 1.165) is 13.0 Å². The molecule has 1 aromatic rings. The summed E-state index contributed by atoms with van der Waals surface area (Å²) in [4.78, 5) is 7.89. The third-order valence-electron chi connectivity index (χ3n) is 1.56. The maximum absolute atomic E-state index is 5.33. The molecule has 0 bridgehead atoms. The number of hydrazine groups is 1. The van der Waals surface area contributed by atoms with E-state index in [9.17, 15) is 0 Å². The largest absolute Gasteiger partial charge is 0.369 e. The lowest BCUT2D eigenvalue weighted by molar-refractivity contribution is 0.649. The fourth-order valence-corrected chi connectivity index (χ4v) is 0.917. The van der Waals surface area contributed by atoms with Crippen LogP contribution in [0.4, 0.5) is 0 Å². The Bertz CT molecular complexity index is 252. The van der Waals surface area contributed by atoms with Gasteiger partial charge in [0.1, 0.15) is 0 Å². The van der Waals surface area contributed by atoms with Crippen molar-refractivity contribution in [3.05, 3.63) is 18.7 Å². The van der Waals surface area contributed by atoms with E-state index in [-0.39, 0.29) is 5.96 Å². The summed E-state index contributed by atoms with van der Waals surface area (Å²) in [5, 5.41) is 0. The van der Waals surface area contributed by atoms with Gasteiger partial charge in [0.25, 0.3) is 0 Å². The van der Waals surface area contributed by atoms with E-state index >= 15 is 0 Å². The van der Waals surface area contributed by atoms with Gasteiger partial charge in [0, 0.05) is 25.5 Å². The molecule has 0 atom stereocenters. The first-order valence-corrected chi connectivity index (χ1v) is 4.05. The molecule has 0 aliphatic rings. The summed E-state index contributed by atoms with van der Waals surface area (Å²) in [5.41, 5.74) is 7.59. The summed E-state index contributed by atoms with van der Waals surface area (Å²) in [6.07, 6.45) is 6.35. The number of aromatic nitrogens is 2. The van der Waals surface area contributed by atoms with Crippen LogP contribution in [0.1, 0.15) is 6.42 Å². The maximum Gasteiger partial charge on any atom is 0.203 e. The van der Waals surface area contributed by atoms with Crippen molar-refractivity contribution in [3.8, 4) is 0 Å². The third kappa shape index (κ3) is 3.57.